The molecule has 0 bridgehead atoms. The van der Waals surface area contributed by atoms with Crippen LogP contribution in [0.1, 0.15) is 6.92 Å². The zero-order chi connectivity index (χ0) is 16.1. The number of rotatable bonds is 6. The normalized spacial score (nSPS) is 10.7. The van der Waals surface area contributed by atoms with Crippen LogP contribution in [-0.4, -0.2) is 50.4 Å². The number of carbonyl (C=O) groups excluding carboxylic acids is 1. The molecule has 0 radical (unpaired) electrons. The second-order valence-electron chi connectivity index (χ2n) is 4.64. The van der Waals surface area contributed by atoms with Crippen molar-refractivity contribution in [2.75, 3.05) is 19.7 Å². The number of carbonyl (C=O) groups is 1. The highest BCUT2D eigenvalue weighted by Gasteiger charge is 2.16. The SMILES string of the molecule is CCN(CCO)C(=O)Cn1c(-c2ccc(Cl)cc2)n[nH]c1=S. The van der Waals surface area contributed by atoms with E-state index in [4.69, 9.17) is 28.9 Å². The van der Waals surface area contributed by atoms with Crippen LogP contribution in [0.2, 0.25) is 5.02 Å². The first-order valence-corrected chi connectivity index (χ1v) is 7.65. The molecule has 0 aliphatic heterocycles. The molecule has 8 heteroatoms. The van der Waals surface area contributed by atoms with Crippen molar-refractivity contribution in [1.82, 2.24) is 19.7 Å². The van der Waals surface area contributed by atoms with Crippen LogP contribution in [0.5, 0.6) is 0 Å². The van der Waals surface area contributed by atoms with Crippen molar-refractivity contribution in [2.24, 2.45) is 0 Å². The zero-order valence-electron chi connectivity index (χ0n) is 12.1. The lowest BCUT2D eigenvalue weighted by Gasteiger charge is -2.20. The summed E-state index contributed by atoms with van der Waals surface area (Å²) in [6.45, 7) is 2.70. The van der Waals surface area contributed by atoms with Crippen molar-refractivity contribution in [3.8, 4) is 11.4 Å². The molecule has 0 atom stereocenters. The summed E-state index contributed by atoms with van der Waals surface area (Å²) in [6.07, 6.45) is 0. The summed E-state index contributed by atoms with van der Waals surface area (Å²) in [5.74, 6) is 0.458. The van der Waals surface area contributed by atoms with E-state index >= 15 is 0 Å². The predicted molar refractivity (Wildman–Crippen MR) is 87.2 cm³/mol. The van der Waals surface area contributed by atoms with Gasteiger partial charge in [-0.05, 0) is 43.4 Å². The first kappa shape index (κ1) is 16.7. The van der Waals surface area contributed by atoms with Gasteiger partial charge >= 0.3 is 0 Å². The number of H-pyrrole nitrogens is 1. The van der Waals surface area contributed by atoms with Crippen LogP contribution < -0.4 is 0 Å². The highest BCUT2D eigenvalue weighted by Crippen LogP contribution is 2.20. The summed E-state index contributed by atoms with van der Waals surface area (Å²) in [7, 11) is 0. The number of aliphatic hydroxyl groups is 1. The van der Waals surface area contributed by atoms with Crippen molar-refractivity contribution in [3.05, 3.63) is 34.1 Å². The van der Waals surface area contributed by atoms with Crippen LogP contribution in [0.3, 0.4) is 0 Å². The van der Waals surface area contributed by atoms with E-state index < -0.39 is 0 Å². The number of likely N-dealkylation sites (N-methyl/N-ethyl adjacent to an activating group) is 1. The van der Waals surface area contributed by atoms with Gasteiger partial charge in [0.25, 0.3) is 0 Å². The molecule has 0 saturated heterocycles. The number of amides is 1. The predicted octanol–water partition coefficient (Wildman–Crippen LogP) is 2.10. The maximum atomic E-state index is 12.3. The highest BCUT2D eigenvalue weighted by molar-refractivity contribution is 7.71. The third-order valence-electron chi connectivity index (χ3n) is 3.26. The number of nitrogens with zero attached hydrogens (tertiary/aromatic N) is 3. The fourth-order valence-electron chi connectivity index (χ4n) is 2.10. The molecule has 0 saturated carbocycles. The molecule has 1 aromatic carbocycles. The monoisotopic (exact) mass is 340 g/mol. The lowest BCUT2D eigenvalue weighted by molar-refractivity contribution is -0.132. The second-order valence-corrected chi connectivity index (χ2v) is 5.47. The lowest BCUT2D eigenvalue weighted by Crippen LogP contribution is -2.36. The number of nitrogens with one attached hydrogen (secondary N) is 1. The van der Waals surface area contributed by atoms with Crippen molar-refractivity contribution < 1.29 is 9.90 Å². The van der Waals surface area contributed by atoms with Gasteiger partial charge in [0.15, 0.2) is 10.6 Å². The van der Waals surface area contributed by atoms with Gasteiger partial charge in [0, 0.05) is 23.7 Å². The average Bonchev–Trinajstić information content (AvgIpc) is 2.87. The minimum absolute atomic E-state index is 0.0690. The lowest BCUT2D eigenvalue weighted by atomic mass is 10.2. The topological polar surface area (TPSA) is 74.2 Å². The maximum absolute atomic E-state index is 12.3. The number of hydrogen-bond acceptors (Lipinski definition) is 4. The summed E-state index contributed by atoms with van der Waals surface area (Å²) in [4.78, 5) is 13.9. The van der Waals surface area contributed by atoms with E-state index in [1.165, 1.54) is 0 Å². The van der Waals surface area contributed by atoms with Crippen LogP contribution >= 0.6 is 23.8 Å². The molecule has 0 aliphatic rings. The summed E-state index contributed by atoms with van der Waals surface area (Å²) < 4.78 is 2.01. The first-order chi connectivity index (χ1) is 10.6. The molecule has 0 spiro atoms. The van der Waals surface area contributed by atoms with Crippen molar-refractivity contribution in [1.29, 1.82) is 0 Å². The van der Waals surface area contributed by atoms with Gasteiger partial charge in [-0.25, -0.2) is 0 Å². The third-order valence-corrected chi connectivity index (χ3v) is 3.82. The molecule has 1 amide bonds. The number of aliphatic hydroxyl groups excluding tert-OH is 1. The van der Waals surface area contributed by atoms with E-state index in [9.17, 15) is 4.79 Å². The van der Waals surface area contributed by atoms with Gasteiger partial charge in [0.2, 0.25) is 5.91 Å². The fourth-order valence-corrected chi connectivity index (χ4v) is 2.42. The third kappa shape index (κ3) is 3.73. The molecule has 118 valence electrons. The molecule has 2 rings (SSSR count). The number of aromatic nitrogens is 3. The Kier molecular flexibility index (Phi) is 5.70. The standard InChI is InChI=1S/C14H17ClN4O2S/c1-2-18(7-8-20)12(21)9-19-13(16-17-14(19)22)10-3-5-11(15)6-4-10/h3-6,20H,2,7-9H2,1H3,(H,17,22). The van der Waals surface area contributed by atoms with Crippen molar-refractivity contribution in [2.45, 2.75) is 13.5 Å². The average molecular weight is 341 g/mol. The Morgan fingerprint density at radius 2 is 2.14 bits per heavy atom. The van der Waals surface area contributed by atoms with Gasteiger partial charge in [-0.15, -0.1) is 0 Å². The quantitative estimate of drug-likeness (QED) is 0.790. The Morgan fingerprint density at radius 3 is 2.73 bits per heavy atom. The van der Waals surface area contributed by atoms with E-state index in [1.807, 2.05) is 19.1 Å². The highest BCUT2D eigenvalue weighted by atomic mass is 35.5. The summed E-state index contributed by atoms with van der Waals surface area (Å²) in [5, 5.41) is 16.5. The van der Waals surface area contributed by atoms with Crippen LogP contribution in [0.15, 0.2) is 24.3 Å². The maximum Gasteiger partial charge on any atom is 0.242 e. The Hall–Kier alpha value is -1.70. The summed E-state index contributed by atoms with van der Waals surface area (Å²) in [5.41, 5.74) is 0.815. The summed E-state index contributed by atoms with van der Waals surface area (Å²) in [6, 6.07) is 7.15. The smallest absolute Gasteiger partial charge is 0.242 e. The van der Waals surface area contributed by atoms with E-state index in [-0.39, 0.29) is 19.1 Å². The minimum atomic E-state index is -0.121. The van der Waals surface area contributed by atoms with Crippen molar-refractivity contribution >= 4 is 29.7 Å². The van der Waals surface area contributed by atoms with E-state index in [0.717, 1.165) is 5.56 Å². The molecule has 0 fully saturated rings. The van der Waals surface area contributed by atoms with Crippen molar-refractivity contribution in [3.63, 3.8) is 0 Å². The molecule has 6 nitrogen and oxygen atoms in total. The van der Waals surface area contributed by atoms with Gasteiger partial charge in [-0.1, -0.05) is 11.6 Å². The molecular formula is C14H17ClN4O2S. The van der Waals surface area contributed by atoms with Crippen LogP contribution in [0.25, 0.3) is 11.4 Å². The first-order valence-electron chi connectivity index (χ1n) is 6.86. The van der Waals surface area contributed by atoms with Crippen LogP contribution in [0, 0.1) is 4.77 Å². The van der Waals surface area contributed by atoms with Gasteiger partial charge in [0.05, 0.1) is 6.61 Å². The zero-order valence-corrected chi connectivity index (χ0v) is 13.7. The van der Waals surface area contributed by atoms with Crippen LogP contribution in [0.4, 0.5) is 0 Å². The van der Waals surface area contributed by atoms with E-state index in [2.05, 4.69) is 10.2 Å². The number of halogens is 1. The molecular weight excluding hydrogens is 324 g/mol. The molecule has 0 aliphatic carbocycles. The largest absolute Gasteiger partial charge is 0.395 e. The summed E-state index contributed by atoms with van der Waals surface area (Å²) >= 11 is 11.1. The second kappa shape index (κ2) is 7.53. The minimum Gasteiger partial charge on any atom is -0.395 e. The Morgan fingerprint density at radius 1 is 1.45 bits per heavy atom. The van der Waals surface area contributed by atoms with E-state index in [0.29, 0.717) is 28.7 Å². The van der Waals surface area contributed by atoms with Gasteiger partial charge in [-0.2, -0.15) is 5.10 Å². The molecule has 22 heavy (non-hydrogen) atoms. The number of hydrogen-bond donors (Lipinski definition) is 2. The number of benzene rings is 1. The Labute approximate surface area is 138 Å². The molecule has 2 N–H and O–H groups in total. The molecule has 1 aromatic heterocycles. The fraction of sp³-hybridized carbons (Fsp3) is 0.357. The Balaban J connectivity index is 2.28. The molecule has 2 aromatic rings. The Bertz CT molecular complexity index is 696. The van der Waals surface area contributed by atoms with Crippen LogP contribution in [-0.2, 0) is 11.3 Å². The van der Waals surface area contributed by atoms with Gasteiger partial charge in [0.1, 0.15) is 6.54 Å². The van der Waals surface area contributed by atoms with Gasteiger partial charge < -0.3 is 10.0 Å². The number of aromatic amines is 1. The van der Waals surface area contributed by atoms with Gasteiger partial charge in [-0.3, -0.25) is 14.5 Å². The van der Waals surface area contributed by atoms with E-state index in [1.54, 1.807) is 21.6 Å². The molecule has 0 unspecified atom stereocenters. The molecule has 1 heterocycles.